The van der Waals surface area contributed by atoms with Gasteiger partial charge in [0.1, 0.15) is 6.17 Å². The van der Waals surface area contributed by atoms with Crippen LogP contribution in [0.25, 0.3) is 0 Å². The second-order valence-electron chi connectivity index (χ2n) is 5.34. The fourth-order valence-corrected chi connectivity index (χ4v) is 3.03. The van der Waals surface area contributed by atoms with E-state index in [0.29, 0.717) is 5.56 Å². The smallest absolute Gasteiger partial charge is 0.253 e. The fraction of sp³-hybridized carbons (Fsp3) is 0.176. The van der Waals surface area contributed by atoms with E-state index in [1.165, 1.54) is 0 Å². The van der Waals surface area contributed by atoms with Crippen molar-refractivity contribution >= 4 is 79.7 Å². The third kappa shape index (κ3) is 5.99. The number of thiocarbonyl (C=S) groups is 1. The highest BCUT2D eigenvalue weighted by atomic mass is 79.9. The Balaban J connectivity index is 2.10. The van der Waals surface area contributed by atoms with Crippen LogP contribution in [0.5, 0.6) is 0 Å². The summed E-state index contributed by atoms with van der Waals surface area (Å²) in [7, 11) is 0. The molecule has 0 saturated carbocycles. The standard InChI is InChI=1S/C17H15BrCl3N3OS/c1-10-6-2-3-7-11(10)14(25)23-15(17(19,20)21)24-16(26)22-13-9-5-4-8-12(13)18/h2-9,15H,1H3,(H,23,25)(H2,22,24,26)/t15-/m0/s1. The largest absolute Gasteiger partial charge is 0.339 e. The number of halogens is 4. The van der Waals surface area contributed by atoms with Gasteiger partial charge in [0.05, 0.1) is 5.69 Å². The summed E-state index contributed by atoms with van der Waals surface area (Å²) in [6, 6.07) is 14.5. The molecule has 0 aliphatic carbocycles. The van der Waals surface area contributed by atoms with Gasteiger partial charge in [0.2, 0.25) is 3.79 Å². The van der Waals surface area contributed by atoms with Crippen molar-refractivity contribution in [3.05, 3.63) is 64.1 Å². The number of amides is 1. The first-order valence-electron chi connectivity index (χ1n) is 7.43. The number of aryl methyl sites for hydroxylation is 1. The normalized spacial score (nSPS) is 12.2. The van der Waals surface area contributed by atoms with Gasteiger partial charge in [-0.1, -0.05) is 65.1 Å². The lowest BCUT2D eigenvalue weighted by molar-refractivity contribution is 0.0934. The van der Waals surface area contributed by atoms with Gasteiger partial charge in [-0.25, -0.2) is 0 Å². The molecule has 138 valence electrons. The van der Waals surface area contributed by atoms with Crippen molar-refractivity contribution in [3.63, 3.8) is 0 Å². The number of nitrogens with one attached hydrogen (secondary N) is 3. The van der Waals surface area contributed by atoms with Gasteiger partial charge in [0.15, 0.2) is 5.11 Å². The zero-order chi connectivity index (χ0) is 19.3. The summed E-state index contributed by atoms with van der Waals surface area (Å²) in [6.45, 7) is 1.83. The molecule has 0 aliphatic heterocycles. The molecule has 0 spiro atoms. The average molecular weight is 496 g/mol. The first kappa shape index (κ1) is 21.3. The molecule has 0 heterocycles. The molecule has 1 amide bonds. The Labute approximate surface area is 180 Å². The first-order chi connectivity index (χ1) is 12.2. The van der Waals surface area contributed by atoms with E-state index >= 15 is 0 Å². The summed E-state index contributed by atoms with van der Waals surface area (Å²) < 4.78 is -1.00. The van der Waals surface area contributed by atoms with Gasteiger partial charge in [0.25, 0.3) is 5.91 Å². The van der Waals surface area contributed by atoms with Gasteiger partial charge in [-0.05, 0) is 58.8 Å². The highest BCUT2D eigenvalue weighted by Gasteiger charge is 2.35. The average Bonchev–Trinajstić information content (AvgIpc) is 2.56. The van der Waals surface area contributed by atoms with Crippen LogP contribution < -0.4 is 16.0 Å². The Morgan fingerprint density at radius 1 is 1.08 bits per heavy atom. The zero-order valence-corrected chi connectivity index (χ0v) is 18.2. The van der Waals surface area contributed by atoms with E-state index in [0.717, 1.165) is 15.7 Å². The van der Waals surface area contributed by atoms with Crippen molar-refractivity contribution in [2.24, 2.45) is 0 Å². The van der Waals surface area contributed by atoms with E-state index in [1.54, 1.807) is 12.1 Å². The van der Waals surface area contributed by atoms with Crippen molar-refractivity contribution in [3.8, 4) is 0 Å². The van der Waals surface area contributed by atoms with Crippen LogP contribution >= 0.6 is 63.0 Å². The number of hydrogen-bond donors (Lipinski definition) is 3. The van der Waals surface area contributed by atoms with Crippen molar-refractivity contribution in [2.45, 2.75) is 16.9 Å². The SMILES string of the molecule is Cc1ccccc1C(=O)N[C@@H](NC(=S)Nc1ccccc1Br)C(Cl)(Cl)Cl. The number of anilines is 1. The number of benzene rings is 2. The summed E-state index contributed by atoms with van der Waals surface area (Å²) in [5.74, 6) is -0.379. The lowest BCUT2D eigenvalue weighted by Gasteiger charge is -2.28. The minimum atomic E-state index is -1.82. The molecule has 3 N–H and O–H groups in total. The number of alkyl halides is 3. The lowest BCUT2D eigenvalue weighted by Crippen LogP contribution is -2.56. The topological polar surface area (TPSA) is 53.2 Å². The highest BCUT2D eigenvalue weighted by molar-refractivity contribution is 9.10. The first-order valence-corrected chi connectivity index (χ1v) is 9.77. The Hall–Kier alpha value is -1.05. The van der Waals surface area contributed by atoms with Gasteiger partial charge < -0.3 is 16.0 Å². The summed E-state index contributed by atoms with van der Waals surface area (Å²) in [5, 5.41) is 8.66. The van der Waals surface area contributed by atoms with E-state index in [4.69, 9.17) is 47.0 Å². The summed E-state index contributed by atoms with van der Waals surface area (Å²) in [6.07, 6.45) is -1.04. The van der Waals surface area contributed by atoms with E-state index in [9.17, 15) is 4.79 Å². The maximum atomic E-state index is 12.5. The van der Waals surface area contributed by atoms with E-state index in [1.807, 2.05) is 43.3 Å². The molecule has 0 fully saturated rings. The molecular weight excluding hydrogens is 481 g/mol. The predicted molar refractivity (Wildman–Crippen MR) is 116 cm³/mol. The molecule has 0 aromatic heterocycles. The zero-order valence-electron chi connectivity index (χ0n) is 13.5. The summed E-state index contributed by atoms with van der Waals surface area (Å²) >= 11 is 26.7. The predicted octanol–water partition coefficient (Wildman–Crippen LogP) is 5.17. The quantitative estimate of drug-likeness (QED) is 0.311. The number of para-hydroxylation sites is 1. The molecule has 2 aromatic carbocycles. The molecule has 0 unspecified atom stereocenters. The van der Waals surface area contributed by atoms with Crippen molar-refractivity contribution < 1.29 is 4.79 Å². The Bertz CT molecular complexity index is 814. The number of carbonyl (C=O) groups is 1. The van der Waals surface area contributed by atoms with Gasteiger partial charge in [-0.15, -0.1) is 0 Å². The Morgan fingerprint density at radius 3 is 2.31 bits per heavy atom. The molecular formula is C17H15BrCl3N3OS. The van der Waals surface area contributed by atoms with Crippen LogP contribution in [0.2, 0.25) is 0 Å². The molecule has 0 saturated heterocycles. The van der Waals surface area contributed by atoms with Crippen LogP contribution in [0.15, 0.2) is 53.0 Å². The van der Waals surface area contributed by atoms with Gasteiger partial charge in [-0.3, -0.25) is 4.79 Å². The molecule has 2 aromatic rings. The third-order valence-corrected chi connectivity index (χ3v) is 4.96. The minimum Gasteiger partial charge on any atom is -0.339 e. The second kappa shape index (κ2) is 9.24. The van der Waals surface area contributed by atoms with Crippen LogP contribution in [-0.4, -0.2) is 21.0 Å². The summed E-state index contributed by atoms with van der Waals surface area (Å²) in [4.78, 5) is 12.5. The maximum Gasteiger partial charge on any atom is 0.253 e. The van der Waals surface area contributed by atoms with E-state index in [-0.39, 0.29) is 11.0 Å². The highest BCUT2D eigenvalue weighted by Crippen LogP contribution is 2.29. The molecule has 2 rings (SSSR count). The van der Waals surface area contributed by atoms with Crippen LogP contribution in [-0.2, 0) is 0 Å². The third-order valence-electron chi connectivity index (χ3n) is 3.39. The molecule has 0 aliphatic rings. The lowest BCUT2D eigenvalue weighted by atomic mass is 10.1. The van der Waals surface area contributed by atoms with Crippen molar-refractivity contribution in [1.29, 1.82) is 0 Å². The van der Waals surface area contributed by atoms with Crippen LogP contribution in [0.1, 0.15) is 15.9 Å². The fourth-order valence-electron chi connectivity index (χ4n) is 2.09. The molecule has 1 atom stereocenters. The number of carbonyl (C=O) groups excluding carboxylic acids is 1. The number of hydrogen-bond acceptors (Lipinski definition) is 2. The van der Waals surface area contributed by atoms with Crippen LogP contribution in [0.4, 0.5) is 5.69 Å². The molecule has 4 nitrogen and oxygen atoms in total. The molecule has 26 heavy (non-hydrogen) atoms. The minimum absolute atomic E-state index is 0.193. The van der Waals surface area contributed by atoms with Gasteiger partial charge in [-0.2, -0.15) is 0 Å². The molecule has 0 bridgehead atoms. The Kier molecular flexibility index (Phi) is 7.55. The van der Waals surface area contributed by atoms with Crippen LogP contribution in [0, 0.1) is 6.92 Å². The Morgan fingerprint density at radius 2 is 1.69 bits per heavy atom. The molecule has 9 heteroatoms. The van der Waals surface area contributed by atoms with E-state index < -0.39 is 9.96 Å². The maximum absolute atomic E-state index is 12.5. The van der Waals surface area contributed by atoms with Crippen LogP contribution in [0.3, 0.4) is 0 Å². The van der Waals surface area contributed by atoms with Crippen molar-refractivity contribution in [2.75, 3.05) is 5.32 Å². The van der Waals surface area contributed by atoms with E-state index in [2.05, 4.69) is 31.9 Å². The second-order valence-corrected chi connectivity index (χ2v) is 8.97. The summed E-state index contributed by atoms with van der Waals surface area (Å²) in [5.41, 5.74) is 2.03. The van der Waals surface area contributed by atoms with Gasteiger partial charge >= 0.3 is 0 Å². The molecule has 0 radical (unpaired) electrons. The van der Waals surface area contributed by atoms with Gasteiger partial charge in [0, 0.05) is 10.0 Å². The number of rotatable bonds is 4. The monoisotopic (exact) mass is 493 g/mol. The van der Waals surface area contributed by atoms with Crippen molar-refractivity contribution in [1.82, 2.24) is 10.6 Å².